The second-order valence-electron chi connectivity index (χ2n) is 6.35. The van der Waals surface area contributed by atoms with Crippen LogP contribution in [0.5, 0.6) is 0 Å². The van der Waals surface area contributed by atoms with Crippen molar-refractivity contribution >= 4 is 5.91 Å². The Hall–Kier alpha value is -2.50. The number of H-pyrrole nitrogens is 1. The second-order valence-corrected chi connectivity index (χ2v) is 6.35. The van der Waals surface area contributed by atoms with E-state index in [9.17, 15) is 14.0 Å². The summed E-state index contributed by atoms with van der Waals surface area (Å²) >= 11 is 0. The van der Waals surface area contributed by atoms with E-state index in [1.807, 2.05) is 13.8 Å². The summed E-state index contributed by atoms with van der Waals surface area (Å²) in [7, 11) is 0. The van der Waals surface area contributed by atoms with E-state index in [4.69, 9.17) is 0 Å². The zero-order valence-electron chi connectivity index (χ0n) is 13.8. The molecule has 1 N–H and O–H groups in total. The van der Waals surface area contributed by atoms with E-state index in [1.54, 1.807) is 17.0 Å². The number of hydrogen-bond acceptors (Lipinski definition) is 3. The van der Waals surface area contributed by atoms with Gasteiger partial charge in [-0.3, -0.25) is 9.59 Å². The van der Waals surface area contributed by atoms with Crippen LogP contribution in [-0.2, 0) is 0 Å². The van der Waals surface area contributed by atoms with Crippen LogP contribution in [0.3, 0.4) is 0 Å². The van der Waals surface area contributed by atoms with Crippen molar-refractivity contribution in [2.45, 2.75) is 38.6 Å². The van der Waals surface area contributed by atoms with Gasteiger partial charge < -0.3 is 9.88 Å². The number of carbonyl (C=O) groups excluding carboxylic acids is 1. The SMILES string of the molecule is CC(C)c1cc(=O)[nH]c([C@@H]2CCCN2C(=O)c2ccccc2F)n1. The summed E-state index contributed by atoms with van der Waals surface area (Å²) in [6.45, 7) is 4.44. The summed E-state index contributed by atoms with van der Waals surface area (Å²) < 4.78 is 13.9. The van der Waals surface area contributed by atoms with Crippen molar-refractivity contribution in [1.29, 1.82) is 0 Å². The Balaban J connectivity index is 1.96. The third-order valence-corrected chi connectivity index (χ3v) is 4.30. The smallest absolute Gasteiger partial charge is 0.257 e. The lowest BCUT2D eigenvalue weighted by molar-refractivity contribution is 0.0724. The number of halogens is 1. The first kappa shape index (κ1) is 16.4. The maximum Gasteiger partial charge on any atom is 0.257 e. The summed E-state index contributed by atoms with van der Waals surface area (Å²) in [5.41, 5.74) is 0.514. The molecular formula is C18H20FN3O2. The second kappa shape index (κ2) is 6.55. The van der Waals surface area contributed by atoms with E-state index in [2.05, 4.69) is 9.97 Å². The molecule has 24 heavy (non-hydrogen) atoms. The molecule has 1 aliphatic heterocycles. The Kier molecular flexibility index (Phi) is 4.46. The number of nitrogens with zero attached hydrogens (tertiary/aromatic N) is 2. The number of amides is 1. The van der Waals surface area contributed by atoms with Gasteiger partial charge in [-0.05, 0) is 30.9 Å². The Labute approximate surface area is 139 Å². The topological polar surface area (TPSA) is 66.1 Å². The molecule has 6 heteroatoms. The Morgan fingerprint density at radius 1 is 1.38 bits per heavy atom. The van der Waals surface area contributed by atoms with Gasteiger partial charge in [0.25, 0.3) is 11.5 Å². The third kappa shape index (κ3) is 3.09. The molecular weight excluding hydrogens is 309 g/mol. The van der Waals surface area contributed by atoms with Crippen molar-refractivity contribution in [1.82, 2.24) is 14.9 Å². The van der Waals surface area contributed by atoms with Crippen LogP contribution in [0.25, 0.3) is 0 Å². The minimum absolute atomic E-state index is 0.0479. The van der Waals surface area contributed by atoms with E-state index in [-0.39, 0.29) is 29.0 Å². The Morgan fingerprint density at radius 2 is 2.12 bits per heavy atom. The van der Waals surface area contributed by atoms with Gasteiger partial charge in [-0.1, -0.05) is 26.0 Å². The lowest BCUT2D eigenvalue weighted by atomic mass is 10.1. The van der Waals surface area contributed by atoms with Crippen molar-refractivity contribution < 1.29 is 9.18 Å². The molecule has 2 aromatic rings. The molecule has 0 saturated carbocycles. The standard InChI is InChI=1S/C18H20FN3O2/c1-11(2)14-10-16(23)21-17(20-14)15-8-5-9-22(15)18(24)12-6-3-4-7-13(12)19/h3-4,6-7,10-11,15H,5,8-9H2,1-2H3,(H,20,21,23)/t15-/m0/s1. The summed E-state index contributed by atoms with van der Waals surface area (Å²) in [6, 6.07) is 7.10. The van der Waals surface area contributed by atoms with E-state index in [0.29, 0.717) is 24.5 Å². The molecule has 1 aliphatic rings. The molecule has 0 radical (unpaired) electrons. The van der Waals surface area contributed by atoms with E-state index in [1.165, 1.54) is 18.2 Å². The van der Waals surface area contributed by atoms with Gasteiger partial charge in [-0.15, -0.1) is 0 Å². The molecule has 1 aromatic carbocycles. The van der Waals surface area contributed by atoms with Gasteiger partial charge in [-0.2, -0.15) is 0 Å². The molecule has 5 nitrogen and oxygen atoms in total. The summed E-state index contributed by atoms with van der Waals surface area (Å²) in [5.74, 6) is -0.310. The normalized spacial score (nSPS) is 17.5. The van der Waals surface area contributed by atoms with Crippen LogP contribution < -0.4 is 5.56 Å². The molecule has 2 heterocycles. The van der Waals surface area contributed by atoms with E-state index >= 15 is 0 Å². The van der Waals surface area contributed by atoms with Crippen molar-refractivity contribution in [2.24, 2.45) is 0 Å². The monoisotopic (exact) mass is 329 g/mol. The van der Waals surface area contributed by atoms with Crippen LogP contribution in [0.15, 0.2) is 35.1 Å². The van der Waals surface area contributed by atoms with Gasteiger partial charge in [0.05, 0.1) is 17.3 Å². The first-order valence-electron chi connectivity index (χ1n) is 8.14. The number of aromatic nitrogens is 2. The fraction of sp³-hybridized carbons (Fsp3) is 0.389. The van der Waals surface area contributed by atoms with Gasteiger partial charge in [0.1, 0.15) is 11.6 Å². The fourth-order valence-corrected chi connectivity index (χ4v) is 3.03. The molecule has 1 saturated heterocycles. The fourth-order valence-electron chi connectivity index (χ4n) is 3.03. The predicted octanol–water partition coefficient (Wildman–Crippen LogP) is 3.01. The van der Waals surface area contributed by atoms with E-state index in [0.717, 1.165) is 6.42 Å². The summed E-state index contributed by atoms with van der Waals surface area (Å²) in [4.78, 5) is 33.5. The lowest BCUT2D eigenvalue weighted by Crippen LogP contribution is -2.33. The number of hydrogen-bond donors (Lipinski definition) is 1. The molecule has 0 bridgehead atoms. The quantitative estimate of drug-likeness (QED) is 0.941. The van der Waals surface area contributed by atoms with Crippen LogP contribution in [-0.4, -0.2) is 27.3 Å². The molecule has 1 aromatic heterocycles. The summed E-state index contributed by atoms with van der Waals surface area (Å²) in [5, 5.41) is 0. The van der Waals surface area contributed by atoms with Crippen LogP contribution in [0.2, 0.25) is 0 Å². The van der Waals surface area contributed by atoms with Gasteiger partial charge in [0, 0.05) is 12.6 Å². The highest BCUT2D eigenvalue weighted by molar-refractivity contribution is 5.94. The number of carbonyl (C=O) groups is 1. The highest BCUT2D eigenvalue weighted by atomic mass is 19.1. The maximum atomic E-state index is 13.9. The molecule has 1 fully saturated rings. The van der Waals surface area contributed by atoms with Crippen molar-refractivity contribution in [2.75, 3.05) is 6.54 Å². The van der Waals surface area contributed by atoms with Gasteiger partial charge in [-0.25, -0.2) is 9.37 Å². The number of likely N-dealkylation sites (tertiary alicyclic amines) is 1. The molecule has 0 aliphatic carbocycles. The average Bonchev–Trinajstić information content (AvgIpc) is 3.03. The van der Waals surface area contributed by atoms with Crippen LogP contribution in [0.4, 0.5) is 4.39 Å². The Morgan fingerprint density at radius 3 is 2.83 bits per heavy atom. The van der Waals surface area contributed by atoms with Crippen LogP contribution >= 0.6 is 0 Å². The largest absolute Gasteiger partial charge is 0.328 e. The van der Waals surface area contributed by atoms with Crippen LogP contribution in [0.1, 0.15) is 60.5 Å². The minimum Gasteiger partial charge on any atom is -0.328 e. The minimum atomic E-state index is -0.537. The molecule has 0 spiro atoms. The average molecular weight is 329 g/mol. The molecule has 1 atom stereocenters. The third-order valence-electron chi connectivity index (χ3n) is 4.30. The van der Waals surface area contributed by atoms with Crippen molar-refractivity contribution in [3.05, 3.63) is 63.6 Å². The zero-order chi connectivity index (χ0) is 17.3. The highest BCUT2D eigenvalue weighted by Gasteiger charge is 2.33. The lowest BCUT2D eigenvalue weighted by Gasteiger charge is -2.24. The molecule has 3 rings (SSSR count). The first-order chi connectivity index (χ1) is 11.5. The number of aromatic amines is 1. The highest BCUT2D eigenvalue weighted by Crippen LogP contribution is 2.31. The van der Waals surface area contributed by atoms with Gasteiger partial charge in [0.15, 0.2) is 0 Å². The number of nitrogens with one attached hydrogen (secondary N) is 1. The molecule has 0 unspecified atom stereocenters. The molecule has 1 amide bonds. The predicted molar refractivity (Wildman–Crippen MR) is 88.4 cm³/mol. The number of rotatable bonds is 3. The zero-order valence-corrected chi connectivity index (χ0v) is 13.8. The number of benzene rings is 1. The van der Waals surface area contributed by atoms with Crippen molar-refractivity contribution in [3.8, 4) is 0 Å². The summed E-state index contributed by atoms with van der Waals surface area (Å²) in [6.07, 6.45) is 1.49. The maximum absolute atomic E-state index is 13.9. The van der Waals surface area contributed by atoms with Gasteiger partial charge >= 0.3 is 0 Å². The van der Waals surface area contributed by atoms with Crippen molar-refractivity contribution in [3.63, 3.8) is 0 Å². The van der Waals surface area contributed by atoms with Gasteiger partial charge in [0.2, 0.25) is 0 Å². The first-order valence-corrected chi connectivity index (χ1v) is 8.14. The molecule has 126 valence electrons. The van der Waals surface area contributed by atoms with E-state index < -0.39 is 5.82 Å². The Bertz CT molecular complexity index is 816. The van der Waals surface area contributed by atoms with Crippen LogP contribution in [0, 0.1) is 5.82 Å².